The van der Waals surface area contributed by atoms with Crippen LogP contribution in [-0.4, -0.2) is 25.0 Å². The molecule has 0 bridgehead atoms. The highest BCUT2D eigenvalue weighted by atomic mass is 16.5. The highest BCUT2D eigenvalue weighted by Crippen LogP contribution is 2.34. The van der Waals surface area contributed by atoms with Gasteiger partial charge in [0.2, 0.25) is 5.91 Å². The number of hydrogen-bond donors (Lipinski definition) is 1. The van der Waals surface area contributed by atoms with Gasteiger partial charge in [-0.05, 0) is 68.1 Å². The molecule has 1 aliphatic rings. The van der Waals surface area contributed by atoms with Crippen LogP contribution >= 0.6 is 0 Å². The number of ether oxygens (including phenoxy) is 1. The Kier molecular flexibility index (Phi) is 6.82. The van der Waals surface area contributed by atoms with Crippen LogP contribution in [0.4, 0.5) is 5.69 Å². The van der Waals surface area contributed by atoms with Gasteiger partial charge in [-0.3, -0.25) is 14.5 Å². The largest absolute Gasteiger partial charge is 0.497 e. The summed E-state index contributed by atoms with van der Waals surface area (Å²) in [6, 6.07) is 15.7. The minimum absolute atomic E-state index is 0.116. The minimum atomic E-state index is -0.889. The van der Waals surface area contributed by atoms with E-state index >= 15 is 0 Å². The molecule has 0 spiro atoms. The Labute approximate surface area is 194 Å². The molecule has 2 aromatic carbocycles. The molecule has 4 rings (SSSR count). The quantitative estimate of drug-likeness (QED) is 0.531. The van der Waals surface area contributed by atoms with Crippen molar-refractivity contribution in [1.29, 1.82) is 0 Å². The van der Waals surface area contributed by atoms with E-state index in [0.717, 1.165) is 36.8 Å². The number of nitrogens with one attached hydrogen (secondary N) is 1. The van der Waals surface area contributed by atoms with E-state index in [-0.39, 0.29) is 23.6 Å². The summed E-state index contributed by atoms with van der Waals surface area (Å²) in [7, 11) is 1.59. The maximum atomic E-state index is 13.8. The van der Waals surface area contributed by atoms with E-state index in [1.54, 1.807) is 24.1 Å². The molecule has 0 saturated heterocycles. The molecule has 1 aliphatic carbocycles. The third-order valence-corrected chi connectivity index (χ3v) is 6.18. The summed E-state index contributed by atoms with van der Waals surface area (Å²) in [6.07, 6.45) is 5.56. The second-order valence-electron chi connectivity index (χ2n) is 8.61. The molecule has 1 fully saturated rings. The van der Waals surface area contributed by atoms with Crippen LogP contribution in [0.1, 0.15) is 59.0 Å². The minimum Gasteiger partial charge on any atom is -0.497 e. The normalized spacial score (nSPS) is 14.6. The molecule has 0 radical (unpaired) electrons. The molecule has 33 heavy (non-hydrogen) atoms. The third-order valence-electron chi connectivity index (χ3n) is 6.18. The van der Waals surface area contributed by atoms with Crippen molar-refractivity contribution in [1.82, 2.24) is 5.32 Å². The Hall–Kier alpha value is -3.54. The first-order valence-electron chi connectivity index (χ1n) is 11.4. The average molecular weight is 447 g/mol. The zero-order valence-electron chi connectivity index (χ0n) is 19.3. The van der Waals surface area contributed by atoms with Gasteiger partial charge in [0.25, 0.3) is 5.91 Å². The molecule has 6 nitrogen and oxygen atoms in total. The lowest BCUT2D eigenvalue weighted by molar-refractivity contribution is -0.123. The fraction of sp³-hybridized carbons (Fsp3) is 0.333. The van der Waals surface area contributed by atoms with Crippen LogP contribution in [0.2, 0.25) is 0 Å². The van der Waals surface area contributed by atoms with Gasteiger partial charge in [0.05, 0.1) is 13.4 Å². The molecule has 1 saturated carbocycles. The number of rotatable bonds is 7. The van der Waals surface area contributed by atoms with Gasteiger partial charge in [-0.2, -0.15) is 0 Å². The summed E-state index contributed by atoms with van der Waals surface area (Å²) in [5.74, 6) is 0.213. The Bertz CT molecular complexity index is 1120. The van der Waals surface area contributed by atoms with Gasteiger partial charge in [-0.1, -0.05) is 42.7 Å². The number of methoxy groups -OCH3 is 1. The van der Waals surface area contributed by atoms with Crippen LogP contribution in [0, 0.1) is 13.8 Å². The highest BCUT2D eigenvalue weighted by molar-refractivity contribution is 6.09. The van der Waals surface area contributed by atoms with Crippen molar-refractivity contribution < 1.29 is 18.7 Å². The summed E-state index contributed by atoms with van der Waals surface area (Å²) >= 11 is 0. The molecule has 172 valence electrons. The van der Waals surface area contributed by atoms with E-state index in [1.807, 2.05) is 56.3 Å². The zero-order valence-corrected chi connectivity index (χ0v) is 19.3. The monoisotopic (exact) mass is 446 g/mol. The van der Waals surface area contributed by atoms with Crippen molar-refractivity contribution in [3.8, 4) is 5.75 Å². The molecular weight excluding hydrogens is 416 g/mol. The van der Waals surface area contributed by atoms with Crippen LogP contribution < -0.4 is 15.0 Å². The van der Waals surface area contributed by atoms with Gasteiger partial charge in [0.1, 0.15) is 11.8 Å². The van der Waals surface area contributed by atoms with Gasteiger partial charge < -0.3 is 14.5 Å². The summed E-state index contributed by atoms with van der Waals surface area (Å²) < 4.78 is 10.9. The first-order chi connectivity index (χ1) is 16.0. The SMILES string of the molecule is COc1cccc(C(C(=O)NC2CCCC2)N(C(=O)c2ccco2)c2ccc(C)cc2C)c1. The first kappa shape index (κ1) is 22.6. The van der Waals surface area contributed by atoms with E-state index < -0.39 is 6.04 Å². The molecule has 1 atom stereocenters. The lowest BCUT2D eigenvalue weighted by Gasteiger charge is -2.33. The van der Waals surface area contributed by atoms with Crippen molar-refractivity contribution in [2.75, 3.05) is 12.0 Å². The standard InChI is InChI=1S/C27H30N2O4/c1-18-13-14-23(19(2)16-18)29(27(31)24-12-7-15-33-24)25(20-8-6-11-22(17-20)32-3)26(30)28-21-9-4-5-10-21/h6-8,11-17,21,25H,4-5,9-10H2,1-3H3,(H,28,30). The average Bonchev–Trinajstić information content (AvgIpc) is 3.52. The summed E-state index contributed by atoms with van der Waals surface area (Å²) in [4.78, 5) is 29.1. The zero-order chi connectivity index (χ0) is 23.4. The van der Waals surface area contributed by atoms with E-state index in [0.29, 0.717) is 17.0 Å². The fourth-order valence-corrected chi connectivity index (χ4v) is 4.54. The molecule has 1 N–H and O–H groups in total. The topological polar surface area (TPSA) is 71.8 Å². The van der Waals surface area contributed by atoms with E-state index in [2.05, 4.69) is 5.32 Å². The van der Waals surface area contributed by atoms with Gasteiger partial charge >= 0.3 is 0 Å². The predicted molar refractivity (Wildman–Crippen MR) is 128 cm³/mol. The number of amides is 2. The summed E-state index contributed by atoms with van der Waals surface area (Å²) in [5, 5.41) is 3.19. The maximum absolute atomic E-state index is 13.8. The number of nitrogens with zero attached hydrogens (tertiary/aromatic N) is 1. The second kappa shape index (κ2) is 9.94. The lowest BCUT2D eigenvalue weighted by Crippen LogP contribution is -2.46. The van der Waals surface area contributed by atoms with Crippen LogP contribution in [0.3, 0.4) is 0 Å². The van der Waals surface area contributed by atoms with Gasteiger partial charge in [0.15, 0.2) is 5.76 Å². The van der Waals surface area contributed by atoms with Crippen molar-refractivity contribution in [3.05, 3.63) is 83.3 Å². The molecule has 6 heteroatoms. The van der Waals surface area contributed by atoms with Crippen LogP contribution in [-0.2, 0) is 4.79 Å². The van der Waals surface area contributed by atoms with Crippen LogP contribution in [0.5, 0.6) is 5.75 Å². The Morgan fingerprint density at radius 2 is 1.85 bits per heavy atom. The summed E-state index contributed by atoms with van der Waals surface area (Å²) in [5.41, 5.74) is 3.31. The van der Waals surface area contributed by atoms with Gasteiger partial charge in [-0.25, -0.2) is 0 Å². The van der Waals surface area contributed by atoms with E-state index in [9.17, 15) is 9.59 Å². The second-order valence-corrected chi connectivity index (χ2v) is 8.61. The molecule has 0 aliphatic heterocycles. The molecule has 1 unspecified atom stereocenters. The third kappa shape index (κ3) is 4.95. The number of aryl methyl sites for hydroxylation is 2. The number of benzene rings is 2. The number of carbonyl (C=O) groups excluding carboxylic acids is 2. The van der Waals surface area contributed by atoms with E-state index in [1.165, 1.54) is 6.26 Å². The number of carbonyl (C=O) groups is 2. The van der Waals surface area contributed by atoms with Gasteiger partial charge in [0, 0.05) is 11.7 Å². The number of furan rings is 1. The van der Waals surface area contributed by atoms with Crippen molar-refractivity contribution in [3.63, 3.8) is 0 Å². The molecule has 1 aromatic heterocycles. The predicted octanol–water partition coefficient (Wildman–Crippen LogP) is 5.35. The van der Waals surface area contributed by atoms with Crippen molar-refractivity contribution in [2.45, 2.75) is 51.6 Å². The number of anilines is 1. The van der Waals surface area contributed by atoms with E-state index in [4.69, 9.17) is 9.15 Å². The molecule has 1 heterocycles. The Morgan fingerprint density at radius 3 is 2.52 bits per heavy atom. The lowest BCUT2D eigenvalue weighted by atomic mass is 10.00. The van der Waals surface area contributed by atoms with Crippen molar-refractivity contribution in [2.24, 2.45) is 0 Å². The van der Waals surface area contributed by atoms with Crippen LogP contribution in [0.25, 0.3) is 0 Å². The smallest absolute Gasteiger partial charge is 0.294 e. The highest BCUT2D eigenvalue weighted by Gasteiger charge is 2.36. The summed E-state index contributed by atoms with van der Waals surface area (Å²) in [6.45, 7) is 3.95. The molecule has 2 amide bonds. The molecular formula is C27H30N2O4. The van der Waals surface area contributed by atoms with Crippen molar-refractivity contribution >= 4 is 17.5 Å². The van der Waals surface area contributed by atoms with Crippen LogP contribution in [0.15, 0.2) is 65.3 Å². The fourth-order valence-electron chi connectivity index (χ4n) is 4.54. The Balaban J connectivity index is 1.85. The number of hydrogen-bond acceptors (Lipinski definition) is 4. The van der Waals surface area contributed by atoms with Gasteiger partial charge in [-0.15, -0.1) is 0 Å². The first-order valence-corrected chi connectivity index (χ1v) is 11.4. The Morgan fingerprint density at radius 1 is 1.06 bits per heavy atom. The maximum Gasteiger partial charge on any atom is 0.294 e. The molecule has 3 aromatic rings.